The molecular formula is C27H28N4O4. The number of pyridine rings is 1. The highest BCUT2D eigenvalue weighted by molar-refractivity contribution is 5.85. The maximum atomic E-state index is 13.0. The Morgan fingerprint density at radius 1 is 1.11 bits per heavy atom. The highest BCUT2D eigenvalue weighted by atomic mass is 16.5. The number of H-pyrrole nitrogens is 1. The molecule has 2 aromatic carbocycles. The van der Waals surface area contributed by atoms with Crippen LogP contribution in [-0.4, -0.2) is 28.2 Å². The van der Waals surface area contributed by atoms with Crippen LogP contribution in [0.15, 0.2) is 71.8 Å². The quantitative estimate of drug-likeness (QED) is 0.373. The number of benzene rings is 2. The Bertz CT molecular complexity index is 1370. The van der Waals surface area contributed by atoms with Gasteiger partial charge in [0.05, 0.1) is 30.3 Å². The minimum absolute atomic E-state index is 0.157. The Labute approximate surface area is 203 Å². The normalized spacial score (nSPS) is 11.9. The Morgan fingerprint density at radius 2 is 1.91 bits per heavy atom. The molecule has 2 heterocycles. The van der Waals surface area contributed by atoms with Crippen LogP contribution in [0.1, 0.15) is 37.7 Å². The van der Waals surface area contributed by atoms with E-state index in [-0.39, 0.29) is 18.1 Å². The molecule has 1 amide bonds. The monoisotopic (exact) mass is 472 g/mol. The average molecular weight is 473 g/mol. The van der Waals surface area contributed by atoms with Gasteiger partial charge >= 0.3 is 6.09 Å². The first-order chi connectivity index (χ1) is 16.9. The number of carbonyl (C=O) groups excluding carboxylic acids is 1. The molecule has 0 saturated carbocycles. The molecule has 0 radical (unpaired) electrons. The number of hydrogen-bond acceptors (Lipinski definition) is 6. The van der Waals surface area contributed by atoms with Gasteiger partial charge in [-0.3, -0.25) is 9.78 Å². The highest BCUT2D eigenvalue weighted by Gasteiger charge is 2.21. The molecule has 0 bridgehead atoms. The molecule has 1 unspecified atom stereocenters. The van der Waals surface area contributed by atoms with Gasteiger partial charge in [-0.25, -0.2) is 9.78 Å². The van der Waals surface area contributed by atoms with Crippen molar-refractivity contribution in [3.8, 4) is 16.9 Å². The third-order valence-electron chi connectivity index (χ3n) is 5.58. The lowest BCUT2D eigenvalue weighted by atomic mass is 10.0. The summed E-state index contributed by atoms with van der Waals surface area (Å²) >= 11 is 0. The minimum atomic E-state index is -0.567. The largest absolute Gasteiger partial charge is 0.494 e. The third-order valence-corrected chi connectivity index (χ3v) is 5.58. The predicted octanol–water partition coefficient (Wildman–Crippen LogP) is 5.01. The van der Waals surface area contributed by atoms with Gasteiger partial charge in [-0.2, -0.15) is 0 Å². The van der Waals surface area contributed by atoms with Crippen LogP contribution >= 0.6 is 0 Å². The smallest absolute Gasteiger partial charge is 0.408 e. The molecule has 0 fully saturated rings. The maximum Gasteiger partial charge on any atom is 0.408 e. The number of methoxy groups -OCH3 is 1. The topological polar surface area (TPSA) is 106 Å². The average Bonchev–Trinajstić information content (AvgIpc) is 2.87. The Kier molecular flexibility index (Phi) is 7.40. The summed E-state index contributed by atoms with van der Waals surface area (Å²) in [5.74, 6) is 1.25. The van der Waals surface area contributed by atoms with E-state index in [2.05, 4.69) is 20.3 Å². The molecule has 0 spiro atoms. The third kappa shape index (κ3) is 5.84. The van der Waals surface area contributed by atoms with Gasteiger partial charge in [0, 0.05) is 11.8 Å². The van der Waals surface area contributed by atoms with Crippen molar-refractivity contribution in [1.82, 2.24) is 20.3 Å². The summed E-state index contributed by atoms with van der Waals surface area (Å²) in [5.41, 5.74) is 2.79. The number of amides is 1. The standard InChI is InChI=1S/C27H28N4O4/c1-17(2)13-23(30-27(33)35-16-18-7-5-4-6-8-18)25-29-22-10-9-19(14-21(22)26(32)31-25)20-11-12-28-15-24(20)34-3/h4-12,14-15,17,23H,13,16H2,1-3H3,(H,30,33)(H,29,31,32). The molecule has 4 rings (SSSR count). The molecule has 35 heavy (non-hydrogen) atoms. The van der Waals surface area contributed by atoms with Gasteiger partial charge in [0.2, 0.25) is 0 Å². The van der Waals surface area contributed by atoms with Crippen molar-refractivity contribution in [3.63, 3.8) is 0 Å². The van der Waals surface area contributed by atoms with E-state index in [1.54, 1.807) is 31.6 Å². The fraction of sp³-hybridized carbons (Fsp3) is 0.259. The first kappa shape index (κ1) is 23.9. The van der Waals surface area contributed by atoms with E-state index in [1.165, 1.54) is 0 Å². The molecule has 8 heteroatoms. The summed E-state index contributed by atoms with van der Waals surface area (Å²) in [5, 5.41) is 3.31. The number of nitrogens with zero attached hydrogens (tertiary/aromatic N) is 2. The van der Waals surface area contributed by atoms with Crippen molar-refractivity contribution >= 4 is 17.0 Å². The molecule has 2 aromatic heterocycles. The van der Waals surface area contributed by atoms with Gasteiger partial charge in [-0.1, -0.05) is 50.2 Å². The van der Waals surface area contributed by atoms with E-state index in [4.69, 9.17) is 9.47 Å². The molecule has 0 saturated heterocycles. The van der Waals surface area contributed by atoms with E-state index in [0.29, 0.717) is 28.9 Å². The van der Waals surface area contributed by atoms with Crippen LogP contribution in [0, 0.1) is 5.92 Å². The number of alkyl carbamates (subject to hydrolysis) is 1. The fourth-order valence-corrected chi connectivity index (χ4v) is 3.89. The summed E-state index contributed by atoms with van der Waals surface area (Å²) in [6.07, 6.45) is 3.32. The van der Waals surface area contributed by atoms with Gasteiger partial charge in [0.1, 0.15) is 18.2 Å². The molecule has 180 valence electrons. The van der Waals surface area contributed by atoms with E-state index < -0.39 is 12.1 Å². The number of carbonyl (C=O) groups is 1. The van der Waals surface area contributed by atoms with Gasteiger partial charge in [0.15, 0.2) is 0 Å². The van der Waals surface area contributed by atoms with Crippen LogP contribution in [0.2, 0.25) is 0 Å². The zero-order chi connectivity index (χ0) is 24.8. The Hall–Kier alpha value is -4.20. The van der Waals surface area contributed by atoms with E-state index in [1.807, 2.05) is 56.3 Å². The number of aromatic nitrogens is 3. The van der Waals surface area contributed by atoms with E-state index in [0.717, 1.165) is 16.7 Å². The Morgan fingerprint density at radius 3 is 2.66 bits per heavy atom. The predicted molar refractivity (Wildman–Crippen MR) is 134 cm³/mol. The second-order valence-electron chi connectivity index (χ2n) is 8.65. The lowest BCUT2D eigenvalue weighted by Gasteiger charge is -2.20. The van der Waals surface area contributed by atoms with Crippen molar-refractivity contribution in [2.24, 2.45) is 5.92 Å². The molecule has 1 atom stereocenters. The molecule has 0 aliphatic rings. The molecular weight excluding hydrogens is 444 g/mol. The van der Waals surface area contributed by atoms with Crippen LogP contribution < -0.4 is 15.6 Å². The Balaban J connectivity index is 1.60. The van der Waals surface area contributed by atoms with Crippen LogP contribution in [-0.2, 0) is 11.3 Å². The zero-order valence-corrected chi connectivity index (χ0v) is 19.9. The summed E-state index contributed by atoms with van der Waals surface area (Å²) in [4.78, 5) is 37.2. The van der Waals surface area contributed by atoms with Crippen LogP contribution in [0.5, 0.6) is 5.75 Å². The van der Waals surface area contributed by atoms with Crippen molar-refractivity contribution in [2.75, 3.05) is 7.11 Å². The summed E-state index contributed by atoms with van der Waals surface area (Å²) in [6, 6.07) is 16.2. The molecule has 2 N–H and O–H groups in total. The van der Waals surface area contributed by atoms with Gasteiger partial charge in [-0.15, -0.1) is 0 Å². The zero-order valence-electron chi connectivity index (χ0n) is 19.9. The van der Waals surface area contributed by atoms with Crippen LogP contribution in [0.4, 0.5) is 4.79 Å². The van der Waals surface area contributed by atoms with Crippen LogP contribution in [0.25, 0.3) is 22.0 Å². The second kappa shape index (κ2) is 10.8. The van der Waals surface area contributed by atoms with E-state index >= 15 is 0 Å². The van der Waals surface area contributed by atoms with E-state index in [9.17, 15) is 9.59 Å². The minimum Gasteiger partial charge on any atom is -0.494 e. The molecule has 4 aromatic rings. The molecule has 8 nitrogen and oxygen atoms in total. The number of nitrogens with one attached hydrogen (secondary N) is 2. The number of hydrogen-bond donors (Lipinski definition) is 2. The highest BCUT2D eigenvalue weighted by Crippen LogP contribution is 2.30. The maximum absolute atomic E-state index is 13.0. The number of ether oxygens (including phenoxy) is 2. The SMILES string of the molecule is COc1cnccc1-c1ccc2nc(C(CC(C)C)NC(=O)OCc3ccccc3)[nH]c(=O)c2c1. The molecule has 0 aliphatic carbocycles. The van der Waals surface area contributed by atoms with Crippen LogP contribution in [0.3, 0.4) is 0 Å². The van der Waals surface area contributed by atoms with Gasteiger partial charge in [0.25, 0.3) is 5.56 Å². The second-order valence-corrected chi connectivity index (χ2v) is 8.65. The number of fused-ring (bicyclic) bond motifs is 1. The van der Waals surface area contributed by atoms with Crippen molar-refractivity contribution in [1.29, 1.82) is 0 Å². The van der Waals surface area contributed by atoms with Gasteiger partial charge < -0.3 is 19.8 Å². The first-order valence-electron chi connectivity index (χ1n) is 11.4. The lowest BCUT2D eigenvalue weighted by molar-refractivity contribution is 0.133. The lowest BCUT2D eigenvalue weighted by Crippen LogP contribution is -2.32. The summed E-state index contributed by atoms with van der Waals surface area (Å²) in [6.45, 7) is 4.24. The summed E-state index contributed by atoms with van der Waals surface area (Å²) < 4.78 is 10.8. The van der Waals surface area contributed by atoms with Gasteiger partial charge in [-0.05, 0) is 41.7 Å². The number of rotatable bonds is 8. The number of aromatic amines is 1. The van der Waals surface area contributed by atoms with Crippen molar-refractivity contribution < 1.29 is 14.3 Å². The summed E-state index contributed by atoms with van der Waals surface area (Å²) in [7, 11) is 1.58. The van der Waals surface area contributed by atoms with Crippen molar-refractivity contribution in [2.45, 2.75) is 32.9 Å². The fourth-order valence-electron chi connectivity index (χ4n) is 3.89. The molecule has 0 aliphatic heterocycles. The van der Waals surface area contributed by atoms with Crippen molar-refractivity contribution in [3.05, 3.63) is 88.7 Å². The first-order valence-corrected chi connectivity index (χ1v) is 11.4.